The molecule has 126 valence electrons. The first-order chi connectivity index (χ1) is 11.5. The number of hydrogen-bond donors (Lipinski definition) is 1. The van der Waals surface area contributed by atoms with Gasteiger partial charge in [0.25, 0.3) is 5.91 Å². The number of nitrogens with one attached hydrogen (secondary N) is 1. The Morgan fingerprint density at radius 1 is 1.04 bits per heavy atom. The van der Waals surface area contributed by atoms with E-state index in [0.717, 1.165) is 0 Å². The van der Waals surface area contributed by atoms with Gasteiger partial charge in [-0.15, -0.1) is 0 Å². The van der Waals surface area contributed by atoms with Crippen LogP contribution in [0.25, 0.3) is 0 Å². The molecule has 0 spiro atoms. The molecule has 1 N–H and O–H groups in total. The Morgan fingerprint density at radius 2 is 1.71 bits per heavy atom. The van der Waals surface area contributed by atoms with E-state index < -0.39 is 5.97 Å². The summed E-state index contributed by atoms with van der Waals surface area (Å²) in [6.07, 6.45) is 0. The maximum atomic E-state index is 12.3. The van der Waals surface area contributed by atoms with Crippen molar-refractivity contribution < 1.29 is 19.1 Å². The van der Waals surface area contributed by atoms with Crippen molar-refractivity contribution in [3.8, 4) is 5.75 Å². The van der Waals surface area contributed by atoms with E-state index in [4.69, 9.17) is 4.74 Å². The van der Waals surface area contributed by atoms with Gasteiger partial charge < -0.3 is 14.8 Å². The lowest BCUT2D eigenvalue weighted by Gasteiger charge is -2.11. The van der Waals surface area contributed by atoms with Crippen molar-refractivity contribution in [2.75, 3.05) is 19.0 Å². The van der Waals surface area contributed by atoms with Crippen LogP contribution in [0.15, 0.2) is 48.5 Å². The summed E-state index contributed by atoms with van der Waals surface area (Å²) in [5.41, 5.74) is 1.51. The van der Waals surface area contributed by atoms with Gasteiger partial charge in [-0.25, -0.2) is 4.79 Å². The quantitative estimate of drug-likeness (QED) is 0.821. The number of anilines is 1. The van der Waals surface area contributed by atoms with Crippen LogP contribution in [-0.4, -0.2) is 25.6 Å². The van der Waals surface area contributed by atoms with Crippen LogP contribution in [0.3, 0.4) is 0 Å². The minimum absolute atomic E-state index is 0.257. The van der Waals surface area contributed by atoms with Gasteiger partial charge in [0.15, 0.2) is 0 Å². The fourth-order valence-corrected chi connectivity index (χ4v) is 2.01. The molecule has 0 unspecified atom stereocenters. The van der Waals surface area contributed by atoms with Gasteiger partial charge in [0, 0.05) is 17.3 Å². The first kappa shape index (κ1) is 17.5. The van der Waals surface area contributed by atoms with Gasteiger partial charge in [-0.1, -0.05) is 19.9 Å². The number of ether oxygens (including phenoxy) is 2. The zero-order valence-electron chi connectivity index (χ0n) is 14.0. The fraction of sp³-hybridized carbons (Fsp3) is 0.263. The van der Waals surface area contributed by atoms with Crippen LogP contribution < -0.4 is 10.1 Å². The molecule has 0 aliphatic rings. The minimum atomic E-state index is -0.433. The van der Waals surface area contributed by atoms with Crippen molar-refractivity contribution in [1.82, 2.24) is 0 Å². The Bertz CT molecular complexity index is 708. The molecule has 2 aromatic carbocycles. The van der Waals surface area contributed by atoms with Crippen molar-refractivity contribution in [3.63, 3.8) is 0 Å². The van der Waals surface area contributed by atoms with E-state index in [-0.39, 0.29) is 5.91 Å². The molecule has 5 heteroatoms. The third-order valence-corrected chi connectivity index (χ3v) is 3.24. The van der Waals surface area contributed by atoms with Gasteiger partial charge in [0.1, 0.15) is 5.75 Å². The SMILES string of the molecule is COC(=O)c1ccc(C(=O)Nc2cccc(OCC(C)C)c2)cc1. The zero-order chi connectivity index (χ0) is 17.5. The van der Waals surface area contributed by atoms with Gasteiger partial charge in [-0.05, 0) is 42.3 Å². The summed E-state index contributed by atoms with van der Waals surface area (Å²) in [4.78, 5) is 23.7. The Morgan fingerprint density at radius 3 is 2.33 bits per heavy atom. The second-order valence-corrected chi connectivity index (χ2v) is 5.76. The van der Waals surface area contributed by atoms with Crippen molar-refractivity contribution in [3.05, 3.63) is 59.7 Å². The lowest BCUT2D eigenvalue weighted by Crippen LogP contribution is -2.12. The van der Waals surface area contributed by atoms with Crippen LogP contribution in [0.1, 0.15) is 34.6 Å². The second-order valence-electron chi connectivity index (χ2n) is 5.76. The fourth-order valence-electron chi connectivity index (χ4n) is 2.01. The summed E-state index contributed by atoms with van der Waals surface area (Å²) in [5.74, 6) is 0.448. The summed E-state index contributed by atoms with van der Waals surface area (Å²) in [7, 11) is 1.32. The third-order valence-electron chi connectivity index (χ3n) is 3.24. The lowest BCUT2D eigenvalue weighted by molar-refractivity contribution is 0.0600. The van der Waals surface area contributed by atoms with Gasteiger partial charge in [0.2, 0.25) is 0 Å². The van der Waals surface area contributed by atoms with E-state index in [2.05, 4.69) is 23.9 Å². The topological polar surface area (TPSA) is 64.6 Å². The van der Waals surface area contributed by atoms with E-state index in [9.17, 15) is 9.59 Å². The molecule has 0 radical (unpaired) electrons. The molecular formula is C19H21NO4. The van der Waals surface area contributed by atoms with Gasteiger partial charge in [-0.2, -0.15) is 0 Å². The Kier molecular flexibility index (Phi) is 5.95. The van der Waals surface area contributed by atoms with Crippen LogP contribution >= 0.6 is 0 Å². The molecule has 0 saturated heterocycles. The van der Waals surface area contributed by atoms with Crippen molar-refractivity contribution in [2.45, 2.75) is 13.8 Å². The monoisotopic (exact) mass is 327 g/mol. The summed E-state index contributed by atoms with van der Waals surface area (Å²) in [5, 5.41) is 2.81. The van der Waals surface area contributed by atoms with Crippen molar-refractivity contribution in [1.29, 1.82) is 0 Å². The minimum Gasteiger partial charge on any atom is -0.493 e. The second kappa shape index (κ2) is 8.15. The Hall–Kier alpha value is -2.82. The first-order valence-electron chi connectivity index (χ1n) is 7.72. The number of rotatable bonds is 6. The average Bonchev–Trinajstić information content (AvgIpc) is 2.59. The molecule has 0 fully saturated rings. The molecule has 0 saturated carbocycles. The molecule has 2 rings (SSSR count). The normalized spacial score (nSPS) is 10.3. The molecule has 1 amide bonds. The van der Waals surface area contributed by atoms with Crippen LogP contribution in [0, 0.1) is 5.92 Å². The Labute approximate surface area is 141 Å². The highest BCUT2D eigenvalue weighted by molar-refractivity contribution is 6.04. The molecule has 0 aliphatic carbocycles. The molecule has 0 heterocycles. The molecule has 0 aromatic heterocycles. The summed E-state index contributed by atoms with van der Waals surface area (Å²) in [6, 6.07) is 13.5. The van der Waals surface area contributed by atoms with E-state index in [1.54, 1.807) is 36.4 Å². The largest absolute Gasteiger partial charge is 0.493 e. The molecule has 24 heavy (non-hydrogen) atoms. The van der Waals surface area contributed by atoms with E-state index in [0.29, 0.717) is 35.1 Å². The maximum Gasteiger partial charge on any atom is 0.337 e. The zero-order valence-corrected chi connectivity index (χ0v) is 14.0. The molecular weight excluding hydrogens is 306 g/mol. The standard InChI is InChI=1S/C19H21NO4/c1-13(2)12-24-17-6-4-5-16(11-17)20-18(21)14-7-9-15(10-8-14)19(22)23-3/h4-11,13H,12H2,1-3H3,(H,20,21). The van der Waals surface area contributed by atoms with E-state index in [1.165, 1.54) is 7.11 Å². The number of amides is 1. The molecule has 2 aromatic rings. The van der Waals surface area contributed by atoms with Crippen LogP contribution in [-0.2, 0) is 4.74 Å². The molecule has 0 aliphatic heterocycles. The van der Waals surface area contributed by atoms with Crippen LogP contribution in [0.2, 0.25) is 0 Å². The predicted molar refractivity (Wildman–Crippen MR) is 92.5 cm³/mol. The molecule has 0 atom stereocenters. The maximum absolute atomic E-state index is 12.3. The van der Waals surface area contributed by atoms with Gasteiger partial charge in [0.05, 0.1) is 19.3 Å². The molecule has 5 nitrogen and oxygen atoms in total. The van der Waals surface area contributed by atoms with Gasteiger partial charge in [-0.3, -0.25) is 4.79 Å². The number of methoxy groups -OCH3 is 1. The first-order valence-corrected chi connectivity index (χ1v) is 7.72. The average molecular weight is 327 g/mol. The third kappa shape index (κ3) is 4.84. The predicted octanol–water partition coefficient (Wildman–Crippen LogP) is 3.76. The van der Waals surface area contributed by atoms with E-state index in [1.807, 2.05) is 12.1 Å². The van der Waals surface area contributed by atoms with Crippen LogP contribution in [0.5, 0.6) is 5.75 Å². The van der Waals surface area contributed by atoms with Crippen LogP contribution in [0.4, 0.5) is 5.69 Å². The number of carbonyl (C=O) groups is 2. The van der Waals surface area contributed by atoms with E-state index >= 15 is 0 Å². The summed E-state index contributed by atoms with van der Waals surface area (Å²) >= 11 is 0. The highest BCUT2D eigenvalue weighted by atomic mass is 16.5. The summed E-state index contributed by atoms with van der Waals surface area (Å²) < 4.78 is 10.3. The van der Waals surface area contributed by atoms with Crippen molar-refractivity contribution >= 4 is 17.6 Å². The number of carbonyl (C=O) groups excluding carboxylic acids is 2. The lowest BCUT2D eigenvalue weighted by atomic mass is 10.1. The van der Waals surface area contributed by atoms with Gasteiger partial charge >= 0.3 is 5.97 Å². The smallest absolute Gasteiger partial charge is 0.337 e. The van der Waals surface area contributed by atoms with Crippen molar-refractivity contribution in [2.24, 2.45) is 5.92 Å². The highest BCUT2D eigenvalue weighted by Gasteiger charge is 2.09. The highest BCUT2D eigenvalue weighted by Crippen LogP contribution is 2.19. The number of esters is 1. The Balaban J connectivity index is 2.04. The number of benzene rings is 2. The number of hydrogen-bond acceptors (Lipinski definition) is 4. The summed E-state index contributed by atoms with van der Waals surface area (Å²) in [6.45, 7) is 4.76. The molecule has 0 bridgehead atoms.